The molecular formula is C16H18O3S. The number of hydrogen-bond acceptors (Lipinski definition) is 3. The highest BCUT2D eigenvalue weighted by molar-refractivity contribution is 7.91. The average Bonchev–Trinajstić information content (AvgIpc) is 2.39. The lowest BCUT2D eigenvalue weighted by Gasteiger charge is -2.23. The lowest BCUT2D eigenvalue weighted by atomic mass is 9.97. The minimum atomic E-state index is -3.53. The monoisotopic (exact) mass is 290 g/mol. The molecule has 106 valence electrons. The molecule has 0 aliphatic carbocycles. The highest BCUT2D eigenvalue weighted by atomic mass is 32.2. The molecule has 0 fully saturated rings. The summed E-state index contributed by atoms with van der Waals surface area (Å²) in [6, 6.07) is 15.4. The third kappa shape index (κ3) is 3.26. The molecule has 0 bridgehead atoms. The maximum atomic E-state index is 12.3. The van der Waals surface area contributed by atoms with E-state index in [1.165, 1.54) is 6.92 Å². The van der Waals surface area contributed by atoms with E-state index in [2.05, 4.69) is 0 Å². The Kier molecular flexibility index (Phi) is 3.97. The van der Waals surface area contributed by atoms with Crippen molar-refractivity contribution in [3.63, 3.8) is 0 Å². The molecule has 20 heavy (non-hydrogen) atoms. The third-order valence-corrected chi connectivity index (χ3v) is 5.18. The smallest absolute Gasteiger partial charge is 0.181 e. The lowest BCUT2D eigenvalue weighted by molar-refractivity contribution is 0.0819. The predicted octanol–water partition coefficient (Wildman–Crippen LogP) is 2.68. The van der Waals surface area contributed by atoms with Gasteiger partial charge < -0.3 is 5.11 Å². The number of hydrogen-bond donors (Lipinski definition) is 1. The number of aryl methyl sites for hydroxylation is 1. The minimum absolute atomic E-state index is 0.229. The number of aliphatic hydroxyl groups is 1. The van der Waals surface area contributed by atoms with E-state index >= 15 is 0 Å². The molecule has 0 heterocycles. The Morgan fingerprint density at radius 1 is 1.00 bits per heavy atom. The number of rotatable bonds is 4. The molecule has 1 atom stereocenters. The van der Waals surface area contributed by atoms with Crippen molar-refractivity contribution in [2.24, 2.45) is 0 Å². The van der Waals surface area contributed by atoms with Gasteiger partial charge in [-0.2, -0.15) is 0 Å². The van der Waals surface area contributed by atoms with Crippen molar-refractivity contribution in [1.82, 2.24) is 0 Å². The summed E-state index contributed by atoms with van der Waals surface area (Å²) < 4.78 is 24.7. The maximum absolute atomic E-state index is 12.3. The van der Waals surface area contributed by atoms with Crippen LogP contribution in [-0.2, 0) is 15.4 Å². The van der Waals surface area contributed by atoms with E-state index in [0.717, 1.165) is 5.56 Å². The molecule has 3 nitrogen and oxygen atoms in total. The van der Waals surface area contributed by atoms with Gasteiger partial charge in [0.15, 0.2) is 9.84 Å². The highest BCUT2D eigenvalue weighted by Gasteiger charge is 2.31. The summed E-state index contributed by atoms with van der Waals surface area (Å²) in [7, 11) is -3.53. The molecule has 0 radical (unpaired) electrons. The largest absolute Gasteiger partial charge is 0.384 e. The normalized spacial score (nSPS) is 14.8. The molecule has 2 aromatic carbocycles. The fourth-order valence-electron chi connectivity index (χ4n) is 2.08. The lowest BCUT2D eigenvalue weighted by Crippen LogP contribution is -2.31. The molecule has 0 amide bonds. The summed E-state index contributed by atoms with van der Waals surface area (Å²) in [5.41, 5.74) is 0.251. The van der Waals surface area contributed by atoms with Crippen LogP contribution in [-0.4, -0.2) is 19.3 Å². The molecule has 2 aromatic rings. The van der Waals surface area contributed by atoms with E-state index < -0.39 is 15.4 Å². The van der Waals surface area contributed by atoms with Crippen LogP contribution >= 0.6 is 0 Å². The van der Waals surface area contributed by atoms with Gasteiger partial charge in [0.25, 0.3) is 0 Å². The summed E-state index contributed by atoms with van der Waals surface area (Å²) in [4.78, 5) is 0.229. The second-order valence-corrected chi connectivity index (χ2v) is 7.20. The molecule has 0 saturated heterocycles. The molecule has 0 aliphatic rings. The predicted molar refractivity (Wildman–Crippen MR) is 79.2 cm³/mol. The fourth-order valence-corrected chi connectivity index (χ4v) is 3.72. The summed E-state index contributed by atoms with van der Waals surface area (Å²) >= 11 is 0. The Morgan fingerprint density at radius 2 is 1.55 bits per heavy atom. The van der Waals surface area contributed by atoms with E-state index in [9.17, 15) is 13.5 Å². The van der Waals surface area contributed by atoms with E-state index in [4.69, 9.17) is 0 Å². The second kappa shape index (κ2) is 5.38. The first-order valence-corrected chi connectivity index (χ1v) is 8.04. The van der Waals surface area contributed by atoms with E-state index in [1.807, 2.05) is 19.1 Å². The summed E-state index contributed by atoms with van der Waals surface area (Å²) in [5.74, 6) is -0.340. The zero-order chi connectivity index (χ0) is 14.8. The van der Waals surface area contributed by atoms with Gasteiger partial charge >= 0.3 is 0 Å². The number of benzene rings is 2. The zero-order valence-corrected chi connectivity index (χ0v) is 12.4. The van der Waals surface area contributed by atoms with Gasteiger partial charge in [0.2, 0.25) is 0 Å². The molecule has 0 saturated carbocycles. The van der Waals surface area contributed by atoms with Gasteiger partial charge in [0.1, 0.15) is 5.60 Å². The standard InChI is InChI=1S/C16H18O3S/c1-13-8-10-14(11-9-13)16(2,17)12-20(18,19)15-6-4-3-5-7-15/h3-11,17H,12H2,1-2H3/t16-/m0/s1. The van der Waals surface area contributed by atoms with Crippen molar-refractivity contribution in [2.45, 2.75) is 24.3 Å². The Hall–Kier alpha value is -1.65. The van der Waals surface area contributed by atoms with Crippen molar-refractivity contribution >= 4 is 9.84 Å². The summed E-state index contributed by atoms with van der Waals surface area (Å²) in [6.45, 7) is 3.47. The van der Waals surface area contributed by atoms with Crippen LogP contribution in [0.25, 0.3) is 0 Å². The molecule has 0 unspecified atom stereocenters. The quantitative estimate of drug-likeness (QED) is 0.942. The second-order valence-electron chi connectivity index (χ2n) is 5.21. The van der Waals surface area contributed by atoms with Crippen molar-refractivity contribution in [3.8, 4) is 0 Å². The zero-order valence-electron chi connectivity index (χ0n) is 11.6. The molecule has 0 aromatic heterocycles. The Morgan fingerprint density at radius 3 is 2.10 bits per heavy atom. The summed E-state index contributed by atoms with van der Waals surface area (Å²) in [5, 5.41) is 10.5. The molecular weight excluding hydrogens is 272 g/mol. The first-order chi connectivity index (χ1) is 9.31. The molecule has 0 spiro atoms. The molecule has 1 N–H and O–H groups in total. The van der Waals surface area contributed by atoms with Gasteiger partial charge in [-0.1, -0.05) is 48.0 Å². The van der Waals surface area contributed by atoms with Crippen LogP contribution < -0.4 is 0 Å². The first kappa shape index (κ1) is 14.8. The maximum Gasteiger partial charge on any atom is 0.181 e. The van der Waals surface area contributed by atoms with Crippen LogP contribution in [0.1, 0.15) is 18.1 Å². The number of sulfone groups is 1. The highest BCUT2D eigenvalue weighted by Crippen LogP contribution is 2.25. The topological polar surface area (TPSA) is 54.4 Å². The van der Waals surface area contributed by atoms with Gasteiger partial charge in [0.05, 0.1) is 10.6 Å². The van der Waals surface area contributed by atoms with Crippen LogP contribution in [0.3, 0.4) is 0 Å². The van der Waals surface area contributed by atoms with Crippen molar-refractivity contribution in [3.05, 3.63) is 65.7 Å². The van der Waals surface area contributed by atoms with Crippen LogP contribution in [0, 0.1) is 6.92 Å². The van der Waals surface area contributed by atoms with Gasteiger partial charge in [-0.3, -0.25) is 0 Å². The molecule has 4 heteroatoms. The Labute approximate surface area is 119 Å². The van der Waals surface area contributed by atoms with E-state index in [1.54, 1.807) is 42.5 Å². The third-order valence-electron chi connectivity index (χ3n) is 3.25. The van der Waals surface area contributed by atoms with Crippen LogP contribution in [0.15, 0.2) is 59.5 Å². The van der Waals surface area contributed by atoms with E-state index in [-0.39, 0.29) is 10.6 Å². The van der Waals surface area contributed by atoms with Crippen molar-refractivity contribution in [1.29, 1.82) is 0 Å². The molecule has 0 aliphatic heterocycles. The van der Waals surface area contributed by atoms with Gasteiger partial charge in [-0.05, 0) is 31.5 Å². The van der Waals surface area contributed by atoms with E-state index in [0.29, 0.717) is 5.56 Å². The van der Waals surface area contributed by atoms with Gasteiger partial charge in [-0.15, -0.1) is 0 Å². The first-order valence-electron chi connectivity index (χ1n) is 6.39. The molecule has 2 rings (SSSR count). The van der Waals surface area contributed by atoms with Gasteiger partial charge in [0, 0.05) is 0 Å². The van der Waals surface area contributed by atoms with Gasteiger partial charge in [-0.25, -0.2) is 8.42 Å². The van der Waals surface area contributed by atoms with Crippen LogP contribution in [0.2, 0.25) is 0 Å². The summed E-state index contributed by atoms with van der Waals surface area (Å²) in [6.07, 6.45) is 0. The van der Waals surface area contributed by atoms with Crippen molar-refractivity contribution in [2.75, 3.05) is 5.75 Å². The minimum Gasteiger partial charge on any atom is -0.384 e. The van der Waals surface area contributed by atoms with Crippen LogP contribution in [0.4, 0.5) is 0 Å². The SMILES string of the molecule is Cc1ccc([C@@](C)(O)CS(=O)(=O)c2ccccc2)cc1. The Bertz CT molecular complexity index is 671. The Balaban J connectivity index is 2.30. The fraction of sp³-hybridized carbons (Fsp3) is 0.250. The average molecular weight is 290 g/mol. The van der Waals surface area contributed by atoms with Crippen LogP contribution in [0.5, 0.6) is 0 Å². The van der Waals surface area contributed by atoms with Crippen molar-refractivity contribution < 1.29 is 13.5 Å².